The van der Waals surface area contributed by atoms with Crippen molar-refractivity contribution in [1.29, 1.82) is 0 Å². The third-order valence-corrected chi connectivity index (χ3v) is 2.08. The number of nitrogens with one attached hydrogen (secondary N) is 1. The summed E-state index contributed by atoms with van der Waals surface area (Å²) in [7, 11) is 0. The van der Waals surface area contributed by atoms with E-state index in [2.05, 4.69) is 26.2 Å². The average molecular weight is 244 g/mol. The number of hydrogen-bond donors (Lipinski definition) is 2. The van der Waals surface area contributed by atoms with Crippen molar-refractivity contribution >= 4 is 21.8 Å². The first-order valence-corrected chi connectivity index (χ1v) is 4.62. The quantitative estimate of drug-likeness (QED) is 0.815. The van der Waals surface area contributed by atoms with E-state index in [1.807, 2.05) is 0 Å². The summed E-state index contributed by atoms with van der Waals surface area (Å²) in [6, 6.07) is 1.65. The zero-order valence-electron chi connectivity index (χ0n) is 6.96. The smallest absolute Gasteiger partial charge is 0.252 e. The first-order valence-electron chi connectivity index (χ1n) is 3.83. The van der Waals surface area contributed by atoms with Gasteiger partial charge in [-0.25, -0.2) is 0 Å². The second-order valence-corrected chi connectivity index (χ2v) is 3.25. The van der Waals surface area contributed by atoms with Crippen LogP contribution in [0.2, 0.25) is 0 Å². The van der Waals surface area contributed by atoms with Crippen LogP contribution in [0, 0.1) is 0 Å². The third kappa shape index (κ3) is 2.78. The van der Waals surface area contributed by atoms with E-state index in [0.29, 0.717) is 23.1 Å². The maximum Gasteiger partial charge on any atom is 0.252 e. The van der Waals surface area contributed by atoms with E-state index in [1.165, 1.54) is 0 Å². The molecule has 0 atom stereocenters. The van der Waals surface area contributed by atoms with Gasteiger partial charge < -0.3 is 11.1 Å². The summed E-state index contributed by atoms with van der Waals surface area (Å²) in [4.78, 5) is 15.3. The van der Waals surface area contributed by atoms with Gasteiger partial charge in [-0.05, 0) is 22.0 Å². The Kier molecular flexibility index (Phi) is 3.85. The minimum atomic E-state index is -0.139. The maximum atomic E-state index is 11.4. The fourth-order valence-corrected chi connectivity index (χ4v) is 1.27. The van der Waals surface area contributed by atoms with Gasteiger partial charge in [-0.1, -0.05) is 0 Å². The highest BCUT2D eigenvalue weighted by Crippen LogP contribution is 2.13. The van der Waals surface area contributed by atoms with Gasteiger partial charge in [-0.15, -0.1) is 0 Å². The van der Waals surface area contributed by atoms with Crippen molar-refractivity contribution < 1.29 is 4.79 Å². The molecule has 0 aliphatic heterocycles. The van der Waals surface area contributed by atoms with Gasteiger partial charge in [0.15, 0.2) is 0 Å². The topological polar surface area (TPSA) is 68.0 Å². The van der Waals surface area contributed by atoms with Crippen molar-refractivity contribution in [3.8, 4) is 0 Å². The van der Waals surface area contributed by atoms with E-state index in [1.54, 1.807) is 18.5 Å². The van der Waals surface area contributed by atoms with E-state index in [4.69, 9.17) is 5.73 Å². The van der Waals surface area contributed by atoms with Crippen LogP contribution in [0.3, 0.4) is 0 Å². The lowest BCUT2D eigenvalue weighted by Crippen LogP contribution is -2.29. The van der Waals surface area contributed by atoms with Crippen LogP contribution in [0.15, 0.2) is 22.9 Å². The Morgan fingerprint density at radius 2 is 2.46 bits per heavy atom. The molecule has 1 aromatic rings. The fourth-order valence-electron chi connectivity index (χ4n) is 0.840. The molecular weight excluding hydrogens is 234 g/mol. The second-order valence-electron chi connectivity index (χ2n) is 2.40. The van der Waals surface area contributed by atoms with Crippen LogP contribution in [0.1, 0.15) is 10.4 Å². The molecule has 0 aliphatic carbocycles. The minimum Gasteiger partial charge on any atom is -0.351 e. The molecule has 0 unspecified atom stereocenters. The molecule has 3 N–H and O–H groups in total. The highest BCUT2D eigenvalue weighted by Gasteiger charge is 2.07. The number of aromatic nitrogens is 1. The zero-order chi connectivity index (χ0) is 9.68. The molecule has 0 saturated carbocycles. The lowest BCUT2D eigenvalue weighted by molar-refractivity contribution is 0.0954. The molecule has 1 heterocycles. The Balaban J connectivity index is 2.71. The van der Waals surface area contributed by atoms with Crippen LogP contribution in [0.4, 0.5) is 0 Å². The number of carbonyl (C=O) groups is 1. The Labute approximate surface area is 84.7 Å². The number of amides is 1. The Hall–Kier alpha value is -0.940. The molecule has 0 fully saturated rings. The second kappa shape index (κ2) is 4.94. The lowest BCUT2D eigenvalue weighted by Gasteiger charge is -2.04. The van der Waals surface area contributed by atoms with Crippen LogP contribution in [-0.4, -0.2) is 24.0 Å². The largest absolute Gasteiger partial charge is 0.351 e. The number of nitrogens with two attached hydrogens (primary N) is 1. The van der Waals surface area contributed by atoms with Crippen molar-refractivity contribution in [1.82, 2.24) is 10.3 Å². The molecule has 0 bridgehead atoms. The average Bonchev–Trinajstić information content (AvgIpc) is 2.15. The molecule has 1 rings (SSSR count). The molecular formula is C8H10BrN3O. The SMILES string of the molecule is NCCNC(=O)c1ccncc1Br. The van der Waals surface area contributed by atoms with Gasteiger partial charge in [0, 0.05) is 30.0 Å². The lowest BCUT2D eigenvalue weighted by atomic mass is 10.2. The first kappa shape index (κ1) is 10.1. The molecule has 70 valence electrons. The monoisotopic (exact) mass is 243 g/mol. The summed E-state index contributed by atoms with van der Waals surface area (Å²) in [6.45, 7) is 0.919. The molecule has 1 amide bonds. The molecule has 0 aromatic carbocycles. The van der Waals surface area contributed by atoms with Crippen molar-refractivity contribution in [3.63, 3.8) is 0 Å². The molecule has 1 aromatic heterocycles. The van der Waals surface area contributed by atoms with Crippen LogP contribution in [0.5, 0.6) is 0 Å². The summed E-state index contributed by atoms with van der Waals surface area (Å²) in [5.74, 6) is -0.139. The van der Waals surface area contributed by atoms with Gasteiger partial charge >= 0.3 is 0 Å². The Morgan fingerprint density at radius 3 is 3.08 bits per heavy atom. The number of carbonyl (C=O) groups excluding carboxylic acids is 1. The maximum absolute atomic E-state index is 11.4. The van der Waals surface area contributed by atoms with Gasteiger partial charge in [-0.2, -0.15) is 0 Å². The number of hydrogen-bond acceptors (Lipinski definition) is 3. The number of rotatable bonds is 3. The van der Waals surface area contributed by atoms with Crippen LogP contribution < -0.4 is 11.1 Å². The molecule has 13 heavy (non-hydrogen) atoms. The molecule has 0 saturated heterocycles. The summed E-state index contributed by atoms with van der Waals surface area (Å²) in [5, 5.41) is 2.67. The minimum absolute atomic E-state index is 0.139. The standard InChI is InChI=1S/C8H10BrN3O/c9-7-5-11-3-1-6(7)8(13)12-4-2-10/h1,3,5H,2,4,10H2,(H,12,13). The van der Waals surface area contributed by atoms with Crippen LogP contribution in [0.25, 0.3) is 0 Å². The molecule has 0 aliphatic rings. The third-order valence-electron chi connectivity index (χ3n) is 1.45. The van der Waals surface area contributed by atoms with E-state index in [-0.39, 0.29) is 5.91 Å². The number of nitrogens with zero attached hydrogens (tertiary/aromatic N) is 1. The number of pyridine rings is 1. The van der Waals surface area contributed by atoms with Gasteiger partial charge in [0.2, 0.25) is 0 Å². The van der Waals surface area contributed by atoms with E-state index in [0.717, 1.165) is 0 Å². The Morgan fingerprint density at radius 1 is 1.69 bits per heavy atom. The van der Waals surface area contributed by atoms with Crippen molar-refractivity contribution in [2.24, 2.45) is 5.73 Å². The van der Waals surface area contributed by atoms with Crippen molar-refractivity contribution in [2.75, 3.05) is 13.1 Å². The van der Waals surface area contributed by atoms with Crippen molar-refractivity contribution in [3.05, 3.63) is 28.5 Å². The number of halogens is 1. The predicted octanol–water partition coefficient (Wildman–Crippen LogP) is 0.533. The summed E-state index contributed by atoms with van der Waals surface area (Å²) in [6.07, 6.45) is 3.15. The van der Waals surface area contributed by atoms with E-state index in [9.17, 15) is 4.79 Å². The normalized spacial score (nSPS) is 9.69. The van der Waals surface area contributed by atoms with Crippen LogP contribution >= 0.6 is 15.9 Å². The fraction of sp³-hybridized carbons (Fsp3) is 0.250. The summed E-state index contributed by atoms with van der Waals surface area (Å²) >= 11 is 3.23. The molecule has 0 radical (unpaired) electrons. The van der Waals surface area contributed by atoms with E-state index < -0.39 is 0 Å². The van der Waals surface area contributed by atoms with Gasteiger partial charge in [0.05, 0.1) is 5.56 Å². The van der Waals surface area contributed by atoms with Gasteiger partial charge in [0.1, 0.15) is 0 Å². The van der Waals surface area contributed by atoms with Gasteiger partial charge in [-0.3, -0.25) is 9.78 Å². The van der Waals surface area contributed by atoms with Gasteiger partial charge in [0.25, 0.3) is 5.91 Å². The predicted molar refractivity (Wildman–Crippen MR) is 53.3 cm³/mol. The highest BCUT2D eigenvalue weighted by molar-refractivity contribution is 9.10. The molecule has 5 heteroatoms. The highest BCUT2D eigenvalue weighted by atomic mass is 79.9. The molecule has 4 nitrogen and oxygen atoms in total. The first-order chi connectivity index (χ1) is 6.25. The van der Waals surface area contributed by atoms with E-state index >= 15 is 0 Å². The van der Waals surface area contributed by atoms with Crippen LogP contribution in [-0.2, 0) is 0 Å². The molecule has 0 spiro atoms. The Bertz CT molecular complexity index is 303. The summed E-state index contributed by atoms with van der Waals surface area (Å²) in [5.41, 5.74) is 5.83. The zero-order valence-corrected chi connectivity index (χ0v) is 8.54. The summed E-state index contributed by atoms with van der Waals surface area (Å²) < 4.78 is 0.685. The van der Waals surface area contributed by atoms with Crippen molar-refractivity contribution in [2.45, 2.75) is 0 Å².